The predicted molar refractivity (Wildman–Crippen MR) is 68.8 cm³/mol. The van der Waals surface area contributed by atoms with Gasteiger partial charge in [0, 0.05) is 11.7 Å². The molecule has 2 aromatic rings. The van der Waals surface area contributed by atoms with Crippen LogP contribution in [0.3, 0.4) is 0 Å². The molecule has 1 atom stereocenters. The minimum absolute atomic E-state index is 0.378. The lowest BCUT2D eigenvalue weighted by molar-refractivity contribution is 0.542. The highest BCUT2D eigenvalue weighted by Gasteiger charge is 2.48. The lowest BCUT2D eigenvalue weighted by Gasteiger charge is -2.09. The average molecular weight is 230 g/mol. The van der Waals surface area contributed by atoms with Crippen LogP contribution in [0.4, 0.5) is 5.82 Å². The van der Waals surface area contributed by atoms with Gasteiger partial charge < -0.3 is 10.3 Å². The van der Waals surface area contributed by atoms with Crippen molar-refractivity contribution in [2.24, 2.45) is 5.41 Å². The molecule has 0 saturated heterocycles. The number of fused-ring (bicyclic) bond motifs is 1. The third-order valence-corrected chi connectivity index (χ3v) is 4.14. The highest BCUT2D eigenvalue weighted by atomic mass is 15.1. The molecular formula is C13H18N4. The van der Waals surface area contributed by atoms with Gasteiger partial charge in [0.05, 0.1) is 5.39 Å². The minimum Gasteiger partial charge on any atom is -0.383 e. The zero-order valence-corrected chi connectivity index (χ0v) is 10.8. The lowest BCUT2D eigenvalue weighted by atomic mass is 10.2. The first-order valence-electron chi connectivity index (χ1n) is 6.01. The van der Waals surface area contributed by atoms with Crippen molar-refractivity contribution in [1.29, 1.82) is 0 Å². The highest BCUT2D eigenvalue weighted by Crippen LogP contribution is 2.57. The zero-order chi connectivity index (χ0) is 12.4. The Bertz CT molecular complexity index is 609. The Hall–Kier alpha value is -1.58. The van der Waals surface area contributed by atoms with E-state index >= 15 is 0 Å². The highest BCUT2D eigenvalue weighted by molar-refractivity contribution is 5.91. The molecule has 0 bridgehead atoms. The summed E-state index contributed by atoms with van der Waals surface area (Å²) in [5, 5.41) is 1.02. The molecule has 0 amide bonds. The predicted octanol–water partition coefficient (Wildman–Crippen LogP) is 2.60. The van der Waals surface area contributed by atoms with Crippen molar-refractivity contribution < 1.29 is 0 Å². The van der Waals surface area contributed by atoms with Crippen LogP contribution in [-0.4, -0.2) is 14.5 Å². The van der Waals surface area contributed by atoms with Gasteiger partial charge >= 0.3 is 0 Å². The van der Waals surface area contributed by atoms with E-state index in [1.807, 2.05) is 0 Å². The monoisotopic (exact) mass is 230 g/mol. The van der Waals surface area contributed by atoms with E-state index in [0.29, 0.717) is 17.3 Å². The van der Waals surface area contributed by atoms with Gasteiger partial charge in [-0.1, -0.05) is 13.8 Å². The number of aryl methyl sites for hydroxylation is 1. The van der Waals surface area contributed by atoms with Gasteiger partial charge in [-0.3, -0.25) is 0 Å². The Labute approximate surface area is 101 Å². The second kappa shape index (κ2) is 3.00. The number of hydrogen-bond donors (Lipinski definition) is 1. The van der Waals surface area contributed by atoms with Crippen molar-refractivity contribution in [2.75, 3.05) is 5.73 Å². The van der Waals surface area contributed by atoms with Gasteiger partial charge in [0.15, 0.2) is 0 Å². The van der Waals surface area contributed by atoms with Crippen molar-refractivity contribution >= 4 is 16.9 Å². The molecule has 1 aliphatic rings. The summed E-state index contributed by atoms with van der Waals surface area (Å²) < 4.78 is 2.34. The van der Waals surface area contributed by atoms with Gasteiger partial charge in [-0.05, 0) is 31.2 Å². The number of nitrogens with two attached hydrogens (primary N) is 1. The van der Waals surface area contributed by atoms with E-state index in [0.717, 1.165) is 11.0 Å². The summed E-state index contributed by atoms with van der Waals surface area (Å²) >= 11 is 0. The average Bonchev–Trinajstić information content (AvgIpc) is 2.78. The molecule has 4 heteroatoms. The van der Waals surface area contributed by atoms with Gasteiger partial charge in [0.1, 0.15) is 17.8 Å². The summed E-state index contributed by atoms with van der Waals surface area (Å²) in [5.41, 5.74) is 9.81. The smallest absolute Gasteiger partial charge is 0.146 e. The van der Waals surface area contributed by atoms with Crippen LogP contribution in [0.1, 0.15) is 37.6 Å². The summed E-state index contributed by atoms with van der Waals surface area (Å²) in [5.74, 6) is 0.591. The minimum atomic E-state index is 0.378. The van der Waals surface area contributed by atoms with Crippen LogP contribution in [-0.2, 0) is 0 Å². The van der Waals surface area contributed by atoms with Crippen molar-refractivity contribution in [3.05, 3.63) is 17.6 Å². The van der Waals surface area contributed by atoms with Gasteiger partial charge in [0.2, 0.25) is 0 Å². The largest absolute Gasteiger partial charge is 0.383 e. The fourth-order valence-corrected chi connectivity index (χ4v) is 2.71. The van der Waals surface area contributed by atoms with E-state index in [4.69, 9.17) is 5.73 Å². The fourth-order valence-electron chi connectivity index (χ4n) is 2.71. The molecule has 0 aliphatic heterocycles. The first kappa shape index (κ1) is 10.6. The Balaban J connectivity index is 2.33. The summed E-state index contributed by atoms with van der Waals surface area (Å²) in [6, 6.07) is 0.549. The Morgan fingerprint density at radius 2 is 2.00 bits per heavy atom. The van der Waals surface area contributed by atoms with Crippen LogP contribution in [0.5, 0.6) is 0 Å². The molecule has 2 heterocycles. The molecule has 0 aromatic carbocycles. The number of nitrogens with zero attached hydrogens (tertiary/aromatic N) is 3. The van der Waals surface area contributed by atoms with Crippen LogP contribution in [0, 0.1) is 19.3 Å². The maximum atomic E-state index is 5.96. The quantitative estimate of drug-likeness (QED) is 0.819. The number of nitrogen functional groups attached to an aromatic ring is 1. The van der Waals surface area contributed by atoms with Crippen LogP contribution in [0.15, 0.2) is 6.33 Å². The molecule has 0 radical (unpaired) electrons. The summed E-state index contributed by atoms with van der Waals surface area (Å²) in [6.45, 7) is 8.83. The summed E-state index contributed by atoms with van der Waals surface area (Å²) in [4.78, 5) is 8.51. The van der Waals surface area contributed by atoms with Gasteiger partial charge in [0.25, 0.3) is 0 Å². The second-order valence-electron chi connectivity index (χ2n) is 5.75. The molecule has 4 nitrogen and oxygen atoms in total. The molecule has 2 N–H and O–H groups in total. The topological polar surface area (TPSA) is 56.7 Å². The van der Waals surface area contributed by atoms with E-state index in [9.17, 15) is 0 Å². The van der Waals surface area contributed by atoms with Crippen molar-refractivity contribution in [3.8, 4) is 0 Å². The number of rotatable bonds is 1. The Morgan fingerprint density at radius 3 is 2.59 bits per heavy atom. The molecule has 2 aromatic heterocycles. The van der Waals surface area contributed by atoms with E-state index in [2.05, 4.69) is 42.2 Å². The first-order chi connectivity index (χ1) is 7.93. The standard InChI is InChI=1S/C13H18N4/c1-7-8(2)17(9-5-13(9,3)4)12-10(7)11(14)15-6-16-12/h6,9H,5H2,1-4H3,(H2,14,15,16). The normalized spacial score (nSPS) is 22.0. The SMILES string of the molecule is Cc1c(C)n(C2CC2(C)C)c2ncnc(N)c12. The molecule has 1 saturated carbocycles. The third-order valence-electron chi connectivity index (χ3n) is 4.14. The summed E-state index contributed by atoms with van der Waals surface area (Å²) in [6.07, 6.45) is 2.77. The first-order valence-corrected chi connectivity index (χ1v) is 6.01. The zero-order valence-electron chi connectivity index (χ0n) is 10.8. The van der Waals surface area contributed by atoms with Crippen LogP contribution in [0.25, 0.3) is 11.0 Å². The molecule has 1 unspecified atom stereocenters. The Kier molecular flexibility index (Phi) is 1.86. The molecule has 90 valence electrons. The van der Waals surface area contributed by atoms with E-state index in [-0.39, 0.29) is 0 Å². The molecule has 0 spiro atoms. The van der Waals surface area contributed by atoms with E-state index < -0.39 is 0 Å². The molecule has 17 heavy (non-hydrogen) atoms. The lowest BCUT2D eigenvalue weighted by Crippen LogP contribution is -2.03. The maximum Gasteiger partial charge on any atom is 0.146 e. The second-order valence-corrected chi connectivity index (χ2v) is 5.75. The molecule has 3 rings (SSSR count). The number of anilines is 1. The van der Waals surface area contributed by atoms with Gasteiger partial charge in [-0.25, -0.2) is 9.97 Å². The number of aromatic nitrogens is 3. The summed E-state index contributed by atoms with van der Waals surface area (Å²) in [7, 11) is 0. The van der Waals surface area contributed by atoms with Crippen molar-refractivity contribution in [2.45, 2.75) is 40.2 Å². The van der Waals surface area contributed by atoms with E-state index in [1.54, 1.807) is 6.33 Å². The molecule has 1 aliphatic carbocycles. The maximum absolute atomic E-state index is 5.96. The van der Waals surface area contributed by atoms with Crippen LogP contribution < -0.4 is 5.73 Å². The third kappa shape index (κ3) is 1.30. The van der Waals surface area contributed by atoms with Crippen molar-refractivity contribution in [1.82, 2.24) is 14.5 Å². The number of hydrogen-bond acceptors (Lipinski definition) is 3. The van der Waals surface area contributed by atoms with E-state index in [1.165, 1.54) is 17.7 Å². The molecular weight excluding hydrogens is 212 g/mol. The molecule has 1 fully saturated rings. The van der Waals surface area contributed by atoms with Gasteiger partial charge in [-0.15, -0.1) is 0 Å². The van der Waals surface area contributed by atoms with Crippen LogP contribution in [0.2, 0.25) is 0 Å². The van der Waals surface area contributed by atoms with Crippen LogP contribution >= 0.6 is 0 Å². The van der Waals surface area contributed by atoms with Gasteiger partial charge in [-0.2, -0.15) is 0 Å². The van der Waals surface area contributed by atoms with Crippen molar-refractivity contribution in [3.63, 3.8) is 0 Å². The Morgan fingerprint density at radius 1 is 1.35 bits per heavy atom. The fraction of sp³-hybridized carbons (Fsp3) is 0.538.